The van der Waals surface area contributed by atoms with E-state index in [1.54, 1.807) is 0 Å². The van der Waals surface area contributed by atoms with Crippen LogP contribution in [0.3, 0.4) is 0 Å². The summed E-state index contributed by atoms with van der Waals surface area (Å²) in [6.07, 6.45) is -28.6. The SMILES string of the molecule is O=C(O)[C@H]1O[C@@H](Oc2ccc(-c3cc(=O)c4c(O)cc(O[C@@H]5O[C@@H](C(=O)O)[C@@H](O)[C@H](O)[C@@H]5O[C@@H]5O[C@H](CO)[C@@H](O)[C@H](O)[C@H]5O)cc4o3)cc2)[C@H](O)[C@@H](O)[C@@H]1O. The van der Waals surface area contributed by atoms with Crippen LogP contribution < -0.4 is 14.9 Å². The number of rotatable bonds is 10. The second-order valence-corrected chi connectivity index (χ2v) is 12.8. The molecule has 3 saturated heterocycles. The van der Waals surface area contributed by atoms with E-state index >= 15 is 0 Å². The van der Waals surface area contributed by atoms with Gasteiger partial charge in [0.2, 0.25) is 12.6 Å². The molecule has 0 amide bonds. The number of carboxylic acid groups (broad SMARTS) is 2. The van der Waals surface area contributed by atoms with Crippen LogP contribution in [0.5, 0.6) is 17.2 Å². The summed E-state index contributed by atoms with van der Waals surface area (Å²) in [5, 5.41) is 121. The van der Waals surface area contributed by atoms with Crippen molar-refractivity contribution in [1.82, 2.24) is 0 Å². The Bertz CT molecular complexity index is 1920. The molecule has 2 aromatic carbocycles. The summed E-state index contributed by atoms with van der Waals surface area (Å²) in [4.78, 5) is 36.4. The number of aliphatic carboxylic acids is 2. The van der Waals surface area contributed by atoms with Gasteiger partial charge in [0.1, 0.15) is 88.9 Å². The van der Waals surface area contributed by atoms with E-state index in [0.29, 0.717) is 0 Å². The van der Waals surface area contributed by atoms with Gasteiger partial charge in [-0.3, -0.25) is 4.79 Å². The molecule has 55 heavy (non-hydrogen) atoms. The second-order valence-electron chi connectivity index (χ2n) is 12.8. The van der Waals surface area contributed by atoms with Crippen LogP contribution in [0.15, 0.2) is 51.7 Å². The van der Waals surface area contributed by atoms with Crippen molar-refractivity contribution in [1.29, 1.82) is 0 Å². The highest BCUT2D eigenvalue weighted by Gasteiger charge is 2.53. The fourth-order valence-corrected chi connectivity index (χ4v) is 6.18. The minimum Gasteiger partial charge on any atom is -0.507 e. The lowest BCUT2D eigenvalue weighted by molar-refractivity contribution is -0.354. The fourth-order valence-electron chi connectivity index (χ4n) is 6.18. The second kappa shape index (κ2) is 15.9. The number of fused-ring (bicyclic) bond motifs is 1. The predicted molar refractivity (Wildman–Crippen MR) is 172 cm³/mol. The number of aliphatic hydroxyl groups is 9. The van der Waals surface area contributed by atoms with Gasteiger partial charge in [-0.1, -0.05) is 0 Å². The summed E-state index contributed by atoms with van der Waals surface area (Å²) in [6.45, 7) is -0.842. The van der Waals surface area contributed by atoms with E-state index < -0.39 is 122 Å². The van der Waals surface area contributed by atoms with E-state index in [4.69, 9.17) is 32.8 Å². The first-order valence-corrected chi connectivity index (χ1v) is 16.4. The molecule has 0 unspecified atom stereocenters. The third-order valence-corrected chi connectivity index (χ3v) is 9.17. The Kier molecular flexibility index (Phi) is 11.6. The normalized spacial score (nSPS) is 36.6. The number of carboxylic acids is 2. The van der Waals surface area contributed by atoms with Crippen molar-refractivity contribution in [2.75, 3.05) is 6.61 Å². The smallest absolute Gasteiger partial charge is 0.335 e. The molecule has 0 spiro atoms. The molecule has 22 nitrogen and oxygen atoms in total. The molecule has 0 radical (unpaired) electrons. The number of benzene rings is 2. The van der Waals surface area contributed by atoms with Crippen LogP contribution in [-0.2, 0) is 28.5 Å². The maximum atomic E-state index is 13.1. The van der Waals surface area contributed by atoms with E-state index in [9.17, 15) is 75.7 Å². The summed E-state index contributed by atoms with van der Waals surface area (Å²) in [6, 6.07) is 8.42. The molecule has 1 aromatic heterocycles. The van der Waals surface area contributed by atoms with Gasteiger partial charge in [0, 0.05) is 23.8 Å². The molecule has 6 rings (SSSR count). The molecule has 4 heterocycles. The highest BCUT2D eigenvalue weighted by Crippen LogP contribution is 2.35. The third-order valence-electron chi connectivity index (χ3n) is 9.17. The molecule has 0 saturated carbocycles. The topological polar surface area (TPSA) is 362 Å². The lowest BCUT2D eigenvalue weighted by atomic mass is 9.97. The first kappa shape index (κ1) is 40.1. The standard InChI is InChI=1S/C33H36O22/c34-8-16-18(37)19(38)24(43)32(52-16)55-28-23(42)22(41)27(30(47)48)54-33(28)50-11-5-12(35)17-13(36)7-14(51-15(17)6-11)9-1-3-10(4-2-9)49-31-25(44)20(39)21(40)26(53-31)29(45)46/h1-7,16,18-28,31-35,37-44H,8H2,(H,45,46)(H,47,48)/t16-,18-,19+,20+,21+,22+,23+,24-,25-,26+,27-,28+,31-,32+,33-/m1/s1. The Morgan fingerprint density at radius 2 is 1.20 bits per heavy atom. The third kappa shape index (κ3) is 7.81. The van der Waals surface area contributed by atoms with Gasteiger partial charge in [-0.25, -0.2) is 9.59 Å². The largest absolute Gasteiger partial charge is 0.507 e. The van der Waals surface area contributed by atoms with Gasteiger partial charge in [0.25, 0.3) is 0 Å². The Morgan fingerprint density at radius 3 is 1.82 bits per heavy atom. The summed E-state index contributed by atoms with van der Waals surface area (Å²) in [5.41, 5.74) is -0.790. The molecule has 300 valence electrons. The van der Waals surface area contributed by atoms with Gasteiger partial charge in [-0.15, -0.1) is 0 Å². The molecule has 3 aliphatic rings. The van der Waals surface area contributed by atoms with Crippen molar-refractivity contribution in [3.8, 4) is 28.6 Å². The molecule has 22 heteroatoms. The van der Waals surface area contributed by atoms with Gasteiger partial charge in [0.05, 0.1) is 6.61 Å². The van der Waals surface area contributed by atoms with Gasteiger partial charge < -0.3 is 94.1 Å². The van der Waals surface area contributed by atoms with Crippen molar-refractivity contribution < 1.29 is 104 Å². The molecule has 3 fully saturated rings. The summed E-state index contributed by atoms with van der Waals surface area (Å²) < 4.78 is 38.4. The average Bonchev–Trinajstić information content (AvgIpc) is 3.14. The van der Waals surface area contributed by atoms with Gasteiger partial charge in [-0.05, 0) is 24.3 Å². The van der Waals surface area contributed by atoms with Crippen molar-refractivity contribution in [2.24, 2.45) is 0 Å². The number of hydrogen-bond acceptors (Lipinski definition) is 20. The van der Waals surface area contributed by atoms with E-state index in [2.05, 4.69) is 0 Å². The molecule has 0 bridgehead atoms. The maximum Gasteiger partial charge on any atom is 0.335 e. The van der Waals surface area contributed by atoms with Crippen LogP contribution in [0.4, 0.5) is 0 Å². The molecule has 15 atom stereocenters. The Morgan fingerprint density at radius 1 is 0.636 bits per heavy atom. The van der Waals surface area contributed by atoms with Crippen LogP contribution in [0.1, 0.15) is 0 Å². The quantitative estimate of drug-likeness (QED) is 0.0922. The van der Waals surface area contributed by atoms with Gasteiger partial charge >= 0.3 is 11.9 Å². The van der Waals surface area contributed by atoms with Crippen molar-refractivity contribution in [3.05, 3.63) is 52.7 Å². The zero-order valence-electron chi connectivity index (χ0n) is 27.9. The molecule has 3 aromatic rings. The van der Waals surface area contributed by atoms with Gasteiger partial charge in [-0.2, -0.15) is 0 Å². The van der Waals surface area contributed by atoms with Crippen molar-refractivity contribution >= 4 is 22.9 Å². The molecule has 0 aliphatic carbocycles. The summed E-state index contributed by atoms with van der Waals surface area (Å²) in [5.74, 6) is -4.48. The fraction of sp³-hybridized carbons (Fsp3) is 0.485. The van der Waals surface area contributed by atoms with Crippen LogP contribution >= 0.6 is 0 Å². The van der Waals surface area contributed by atoms with E-state index in [-0.39, 0.29) is 33.8 Å². The number of aliphatic hydroxyl groups excluding tert-OH is 9. The number of carbonyl (C=O) groups is 2. The highest BCUT2D eigenvalue weighted by atomic mass is 16.8. The number of aromatic hydroxyl groups is 1. The van der Waals surface area contributed by atoms with Crippen LogP contribution in [0.2, 0.25) is 0 Å². The van der Waals surface area contributed by atoms with Crippen LogP contribution in [-0.4, -0.2) is 172 Å². The lowest BCUT2D eigenvalue weighted by Gasteiger charge is -2.45. The lowest BCUT2D eigenvalue weighted by Crippen LogP contribution is -2.65. The molecular formula is C33H36O22. The maximum absolute atomic E-state index is 13.1. The number of phenols is 1. The molecular weight excluding hydrogens is 748 g/mol. The Balaban J connectivity index is 1.26. The van der Waals surface area contributed by atoms with Crippen molar-refractivity contribution in [2.45, 2.75) is 92.1 Å². The summed E-state index contributed by atoms with van der Waals surface area (Å²) >= 11 is 0. The Hall–Kier alpha value is -4.53. The number of ether oxygens (including phenoxy) is 6. The van der Waals surface area contributed by atoms with E-state index in [0.717, 1.165) is 18.2 Å². The summed E-state index contributed by atoms with van der Waals surface area (Å²) in [7, 11) is 0. The van der Waals surface area contributed by atoms with Crippen LogP contribution in [0.25, 0.3) is 22.3 Å². The predicted octanol–water partition coefficient (Wildman–Crippen LogP) is -4.47. The van der Waals surface area contributed by atoms with Crippen molar-refractivity contribution in [3.63, 3.8) is 0 Å². The molecule has 3 aliphatic heterocycles. The minimum atomic E-state index is -2.14. The van der Waals surface area contributed by atoms with Crippen LogP contribution in [0, 0.1) is 0 Å². The first-order valence-electron chi connectivity index (χ1n) is 16.4. The van der Waals surface area contributed by atoms with Gasteiger partial charge in [0.15, 0.2) is 30.0 Å². The minimum absolute atomic E-state index is 0.00284. The highest BCUT2D eigenvalue weighted by molar-refractivity contribution is 5.86. The number of phenolic OH excluding ortho intramolecular Hbond substituents is 1. The average molecular weight is 785 g/mol. The number of hydrogen-bond donors (Lipinski definition) is 12. The first-order chi connectivity index (χ1) is 26.0. The Labute approximate surface area is 306 Å². The monoisotopic (exact) mass is 784 g/mol. The van der Waals surface area contributed by atoms with E-state index in [1.165, 1.54) is 24.3 Å². The zero-order valence-corrected chi connectivity index (χ0v) is 27.9. The molecule has 12 N–H and O–H groups in total. The zero-order chi connectivity index (χ0) is 40.0. The van der Waals surface area contributed by atoms with E-state index in [1.807, 2.05) is 0 Å².